The summed E-state index contributed by atoms with van der Waals surface area (Å²) in [6, 6.07) is 4.24. The lowest BCUT2D eigenvalue weighted by Crippen LogP contribution is -2.08. The van der Waals surface area contributed by atoms with Gasteiger partial charge >= 0.3 is 5.97 Å². The van der Waals surface area contributed by atoms with Crippen molar-refractivity contribution in [1.29, 1.82) is 5.26 Å². The lowest BCUT2D eigenvalue weighted by molar-refractivity contribution is -0.142. The molecule has 96 valence electrons. The number of carbonyl (C=O) groups excluding carboxylic acids is 1. The molecule has 0 aliphatic heterocycles. The number of alkyl halides is 2. The third-order valence-corrected chi connectivity index (χ3v) is 2.56. The molecule has 0 spiro atoms. The van der Waals surface area contributed by atoms with Crippen molar-refractivity contribution < 1.29 is 18.3 Å². The predicted molar refractivity (Wildman–Crippen MR) is 63.7 cm³/mol. The summed E-state index contributed by atoms with van der Waals surface area (Å²) in [6.07, 6.45) is -2.90. The molecule has 1 aromatic rings. The van der Waals surface area contributed by atoms with Crippen molar-refractivity contribution in [3.05, 3.63) is 28.8 Å². The topological polar surface area (TPSA) is 50.1 Å². The second-order valence-electron chi connectivity index (χ2n) is 3.47. The van der Waals surface area contributed by atoms with Crippen LogP contribution in [0.15, 0.2) is 17.0 Å². The fourth-order valence-corrected chi connectivity index (χ4v) is 1.83. The summed E-state index contributed by atoms with van der Waals surface area (Å²) in [7, 11) is 0. The maximum atomic E-state index is 12.8. The molecule has 3 nitrogen and oxygen atoms in total. The van der Waals surface area contributed by atoms with Crippen molar-refractivity contribution in [3.63, 3.8) is 0 Å². The van der Waals surface area contributed by atoms with E-state index in [4.69, 9.17) is 10.00 Å². The maximum Gasteiger partial charge on any atom is 0.310 e. The average molecular weight is 271 g/mol. The van der Waals surface area contributed by atoms with Gasteiger partial charge in [0.2, 0.25) is 0 Å². The second kappa shape index (κ2) is 6.36. The molecule has 0 bridgehead atoms. The van der Waals surface area contributed by atoms with Crippen LogP contribution in [-0.2, 0) is 16.0 Å². The number of benzene rings is 1. The van der Waals surface area contributed by atoms with Gasteiger partial charge in [0.1, 0.15) is 6.07 Å². The van der Waals surface area contributed by atoms with Gasteiger partial charge in [-0.1, -0.05) is 0 Å². The largest absolute Gasteiger partial charge is 0.466 e. The summed E-state index contributed by atoms with van der Waals surface area (Å²) in [5.41, 5.74) is -0.224. The van der Waals surface area contributed by atoms with Crippen LogP contribution in [0.3, 0.4) is 0 Å². The fourth-order valence-electron chi connectivity index (χ4n) is 1.48. The SMILES string of the molecule is CCOC(=O)Cc1cc(S)c(C#N)c(C(F)F)c1. The number of thiol groups is 1. The molecule has 0 N–H and O–H groups in total. The summed E-state index contributed by atoms with van der Waals surface area (Å²) in [5, 5.41) is 8.78. The number of halogens is 2. The number of ether oxygens (including phenoxy) is 1. The van der Waals surface area contributed by atoms with Crippen molar-refractivity contribution in [2.45, 2.75) is 24.7 Å². The lowest BCUT2D eigenvalue weighted by Gasteiger charge is -2.09. The van der Waals surface area contributed by atoms with E-state index >= 15 is 0 Å². The van der Waals surface area contributed by atoms with E-state index in [0.29, 0.717) is 5.56 Å². The number of rotatable bonds is 4. The van der Waals surface area contributed by atoms with Crippen LogP contribution in [0.25, 0.3) is 0 Å². The first-order valence-electron chi connectivity index (χ1n) is 5.19. The van der Waals surface area contributed by atoms with Crippen LogP contribution >= 0.6 is 12.6 Å². The normalized spacial score (nSPS) is 10.2. The molecule has 1 aromatic carbocycles. The first-order valence-corrected chi connectivity index (χ1v) is 5.64. The Morgan fingerprint density at radius 1 is 1.56 bits per heavy atom. The van der Waals surface area contributed by atoms with E-state index in [-0.39, 0.29) is 23.5 Å². The van der Waals surface area contributed by atoms with E-state index in [1.165, 1.54) is 6.07 Å². The molecule has 0 unspecified atom stereocenters. The second-order valence-corrected chi connectivity index (χ2v) is 3.96. The zero-order valence-corrected chi connectivity index (χ0v) is 10.5. The van der Waals surface area contributed by atoms with E-state index in [1.54, 1.807) is 13.0 Å². The third-order valence-electron chi connectivity index (χ3n) is 2.21. The van der Waals surface area contributed by atoms with Gasteiger partial charge in [0.15, 0.2) is 0 Å². The van der Waals surface area contributed by atoms with Gasteiger partial charge in [-0.2, -0.15) is 5.26 Å². The Balaban J connectivity index is 3.10. The highest BCUT2D eigenvalue weighted by atomic mass is 32.1. The number of hydrogen-bond acceptors (Lipinski definition) is 4. The van der Waals surface area contributed by atoms with Crippen LogP contribution in [0.5, 0.6) is 0 Å². The molecule has 0 aliphatic rings. The number of nitrogens with zero attached hydrogens (tertiary/aromatic N) is 1. The van der Waals surface area contributed by atoms with Crippen molar-refractivity contribution >= 4 is 18.6 Å². The molecular formula is C12H11F2NO2S. The highest BCUT2D eigenvalue weighted by Gasteiger charge is 2.17. The van der Waals surface area contributed by atoms with Gasteiger partial charge < -0.3 is 4.74 Å². The van der Waals surface area contributed by atoms with Crippen LogP contribution in [0.1, 0.15) is 30.0 Å². The summed E-state index contributed by atoms with van der Waals surface area (Å²) >= 11 is 3.98. The minimum Gasteiger partial charge on any atom is -0.466 e. The van der Waals surface area contributed by atoms with Gasteiger partial charge in [0.25, 0.3) is 6.43 Å². The molecule has 0 saturated carbocycles. The molecule has 0 saturated heterocycles. The molecule has 1 rings (SSSR count). The molecule has 0 radical (unpaired) electrons. The standard InChI is InChI=1S/C12H11F2NO2S/c1-2-17-11(16)5-7-3-8(12(13)14)9(6-15)10(18)4-7/h3-4,12,18H,2,5H2,1H3. The zero-order chi connectivity index (χ0) is 13.7. The van der Waals surface area contributed by atoms with Crippen LogP contribution in [0.4, 0.5) is 8.78 Å². The first kappa shape index (κ1) is 14.5. The molecule has 6 heteroatoms. The van der Waals surface area contributed by atoms with Gasteiger partial charge in [0.05, 0.1) is 18.6 Å². The van der Waals surface area contributed by atoms with Crippen LogP contribution in [0.2, 0.25) is 0 Å². The first-order chi connectivity index (χ1) is 8.49. The number of nitriles is 1. The van der Waals surface area contributed by atoms with E-state index in [9.17, 15) is 13.6 Å². The van der Waals surface area contributed by atoms with E-state index < -0.39 is 18.0 Å². The monoisotopic (exact) mass is 271 g/mol. The summed E-state index contributed by atoms with van der Waals surface area (Å²) in [5.74, 6) is -0.504. The Labute approximate surface area is 109 Å². The zero-order valence-electron chi connectivity index (χ0n) is 9.61. The number of hydrogen-bond donors (Lipinski definition) is 1. The van der Waals surface area contributed by atoms with E-state index in [0.717, 1.165) is 6.07 Å². The van der Waals surface area contributed by atoms with Gasteiger partial charge in [-0.05, 0) is 24.6 Å². The molecule has 18 heavy (non-hydrogen) atoms. The molecule has 0 aromatic heterocycles. The summed E-state index contributed by atoms with van der Waals surface area (Å²) < 4.78 is 30.2. The maximum absolute atomic E-state index is 12.8. The highest BCUT2D eigenvalue weighted by molar-refractivity contribution is 7.80. The van der Waals surface area contributed by atoms with Crippen molar-refractivity contribution in [2.24, 2.45) is 0 Å². The quantitative estimate of drug-likeness (QED) is 0.676. The molecule has 0 heterocycles. The number of carbonyl (C=O) groups is 1. The third kappa shape index (κ3) is 3.44. The Bertz CT molecular complexity index is 498. The van der Waals surface area contributed by atoms with E-state index in [1.807, 2.05) is 0 Å². The Hall–Kier alpha value is -1.61. The van der Waals surface area contributed by atoms with Crippen LogP contribution in [0, 0.1) is 11.3 Å². The summed E-state index contributed by atoms with van der Waals surface area (Å²) in [4.78, 5) is 11.4. The van der Waals surface area contributed by atoms with Crippen molar-refractivity contribution in [1.82, 2.24) is 0 Å². The highest BCUT2D eigenvalue weighted by Crippen LogP contribution is 2.28. The molecule has 0 aliphatic carbocycles. The van der Waals surface area contributed by atoms with Gasteiger partial charge in [-0.15, -0.1) is 12.6 Å². The molecule has 0 amide bonds. The summed E-state index contributed by atoms with van der Waals surface area (Å²) in [6.45, 7) is 1.88. The molecule has 0 atom stereocenters. The van der Waals surface area contributed by atoms with Crippen LogP contribution in [-0.4, -0.2) is 12.6 Å². The van der Waals surface area contributed by atoms with Crippen molar-refractivity contribution in [3.8, 4) is 6.07 Å². The van der Waals surface area contributed by atoms with Crippen LogP contribution < -0.4 is 0 Å². The minimum atomic E-state index is -2.78. The molecular weight excluding hydrogens is 260 g/mol. The van der Waals surface area contributed by atoms with Gasteiger partial charge in [-0.3, -0.25) is 4.79 Å². The predicted octanol–water partition coefficient (Wildman–Crippen LogP) is 2.89. The smallest absolute Gasteiger partial charge is 0.310 e. The van der Waals surface area contributed by atoms with E-state index in [2.05, 4.69) is 12.6 Å². The molecule has 0 fully saturated rings. The fraction of sp³-hybridized carbons (Fsp3) is 0.333. The van der Waals surface area contributed by atoms with Crippen molar-refractivity contribution in [2.75, 3.05) is 6.61 Å². The minimum absolute atomic E-state index is 0.118. The Morgan fingerprint density at radius 2 is 2.22 bits per heavy atom. The van der Waals surface area contributed by atoms with Gasteiger partial charge in [-0.25, -0.2) is 8.78 Å². The average Bonchev–Trinajstić information content (AvgIpc) is 2.28. The number of esters is 1. The lowest BCUT2D eigenvalue weighted by atomic mass is 10.0. The Kier molecular flexibility index (Phi) is 5.10. The Morgan fingerprint density at radius 3 is 2.72 bits per heavy atom. The van der Waals surface area contributed by atoms with Gasteiger partial charge in [0, 0.05) is 10.5 Å².